The summed E-state index contributed by atoms with van der Waals surface area (Å²) in [5.41, 5.74) is 5.49. The third kappa shape index (κ3) is 12.5. The fourth-order valence-corrected chi connectivity index (χ4v) is 4.60. The first kappa shape index (κ1) is 47.1. The van der Waals surface area contributed by atoms with Crippen LogP contribution in [0.3, 0.4) is 0 Å². The van der Waals surface area contributed by atoms with Gasteiger partial charge in [0.05, 0.1) is 6.04 Å². The zero-order chi connectivity index (χ0) is 40.4. The van der Waals surface area contributed by atoms with Crippen LogP contribution in [0.1, 0.15) is 103 Å². The van der Waals surface area contributed by atoms with Crippen LogP contribution in [0.4, 0.5) is 26.3 Å². The van der Waals surface area contributed by atoms with Gasteiger partial charge in [-0.3, -0.25) is 14.2 Å². The predicted octanol–water partition coefficient (Wildman–Crippen LogP) is 7.83. The number of nitrogens with two attached hydrogens (primary N) is 1. The normalized spacial score (nSPS) is 11.7. The summed E-state index contributed by atoms with van der Waals surface area (Å²) in [5.74, 6) is -1.60. The van der Waals surface area contributed by atoms with Crippen molar-refractivity contribution in [2.75, 3.05) is 0 Å². The van der Waals surface area contributed by atoms with Gasteiger partial charge in [-0.05, 0) is 49.2 Å². The summed E-state index contributed by atoms with van der Waals surface area (Å²) in [4.78, 5) is 31.1. The van der Waals surface area contributed by atoms with Crippen molar-refractivity contribution >= 4 is 24.3 Å². The molecule has 4 heterocycles. The molecular weight excluding hydrogens is 790 g/mol. The number of rotatable bonds is 11. The number of alkyl halides is 4. The number of aromatic nitrogens is 8. The first-order valence-electron chi connectivity index (χ1n) is 16.2. The molecule has 0 saturated carbocycles. The van der Waals surface area contributed by atoms with Crippen LogP contribution in [0.2, 0.25) is 0 Å². The molecule has 0 aliphatic rings. The molecule has 2 atom stereocenters. The molecule has 0 aliphatic carbocycles. The van der Waals surface area contributed by atoms with Gasteiger partial charge in [0.1, 0.15) is 40.5 Å². The Bertz CT molecular complexity index is 2210. The van der Waals surface area contributed by atoms with Gasteiger partial charge in [-0.1, -0.05) is 55.9 Å². The molecule has 0 fully saturated rings. The maximum absolute atomic E-state index is 13.3. The number of amides is 1. The number of aryl methyl sites for hydroxylation is 2. The zero-order valence-electron chi connectivity index (χ0n) is 29.9. The van der Waals surface area contributed by atoms with Crippen molar-refractivity contribution in [2.24, 2.45) is 19.8 Å². The fraction of sp³-hybridized carbons (Fsp3) is 0.314. The van der Waals surface area contributed by atoms with Gasteiger partial charge in [-0.2, -0.15) is 20.2 Å². The van der Waals surface area contributed by atoms with Crippen LogP contribution in [0, 0.1) is 11.6 Å². The van der Waals surface area contributed by atoms with Crippen LogP contribution < -0.4 is 11.1 Å². The summed E-state index contributed by atoms with van der Waals surface area (Å²) in [5, 5.41) is 25.6. The van der Waals surface area contributed by atoms with Crippen LogP contribution in [0.15, 0.2) is 69.7 Å². The van der Waals surface area contributed by atoms with E-state index in [1.807, 2.05) is 6.92 Å². The summed E-state index contributed by atoms with van der Waals surface area (Å²) < 4.78 is 87.9. The Morgan fingerprint density at radius 1 is 0.772 bits per heavy atom. The van der Waals surface area contributed by atoms with E-state index in [-0.39, 0.29) is 54.8 Å². The molecule has 1 amide bonds. The number of aromatic carboxylic acids is 1. The monoisotopic (exact) mass is 828 g/mol. The van der Waals surface area contributed by atoms with Crippen LogP contribution in [-0.2, 0) is 14.1 Å². The van der Waals surface area contributed by atoms with Gasteiger partial charge in [0.25, 0.3) is 18.8 Å². The molecule has 308 valence electrons. The summed E-state index contributed by atoms with van der Waals surface area (Å²) in [6.07, 6.45) is -4.38. The van der Waals surface area contributed by atoms with Gasteiger partial charge in [-0.15, -0.1) is 12.4 Å². The largest absolute Gasteiger partial charge is 0.477 e. The predicted molar refractivity (Wildman–Crippen MR) is 194 cm³/mol. The molecule has 6 rings (SSSR count). The molecular formula is C35H39ClF6N10O5. The molecule has 0 aliphatic heterocycles. The second-order valence-electron chi connectivity index (χ2n) is 11.4. The highest BCUT2D eigenvalue weighted by atomic mass is 35.5. The van der Waals surface area contributed by atoms with Gasteiger partial charge >= 0.3 is 5.97 Å². The van der Waals surface area contributed by atoms with E-state index in [1.54, 1.807) is 25.1 Å². The highest BCUT2D eigenvalue weighted by Gasteiger charge is 2.24. The number of nitrogens with one attached hydrogen (secondary N) is 1. The van der Waals surface area contributed by atoms with Crippen LogP contribution >= 0.6 is 12.4 Å². The molecule has 2 aromatic carbocycles. The van der Waals surface area contributed by atoms with Crippen molar-refractivity contribution < 1.29 is 50.1 Å². The Morgan fingerprint density at radius 2 is 1.23 bits per heavy atom. The Morgan fingerprint density at radius 3 is 1.63 bits per heavy atom. The summed E-state index contributed by atoms with van der Waals surface area (Å²) in [6.45, 7) is 3.71. The standard InChI is InChI=1S/C17H16F3N5O2.C11H12FN3O.C6H6F2N2O2.CH4.ClH/c1-3-11(21-16(26)13-8-12(14(19)20)23-25(13)2)17-22-15(24-27-17)9-5-4-6-10(18)7-9;1-2-9(13)11-14-10(15-16-11)7-4-3-5-8(12)6-7;1-10-4(6(11)12)2-3(9-10)5(7)8;;/h4-8,11,14H,3H2,1-2H3,(H,21,26);3-6,9H,2,13H2,1H3;2,5H,1H3,(H,11,12);1H4;1H/t11-;9-;;;/m00.../s1. The van der Waals surface area contributed by atoms with Crippen LogP contribution in [0.25, 0.3) is 22.8 Å². The SMILES string of the molecule is C.CC[C@H](N)c1nc(-c2cccc(F)c2)no1.CC[C@H](NC(=O)c1cc(C(F)F)nn1C)c1nc(-c2cccc(F)c2)no1.Cl.Cn1nc(C(F)F)cc1C(=O)O. The quantitative estimate of drug-likeness (QED) is 0.107. The molecule has 22 heteroatoms. The lowest BCUT2D eigenvalue weighted by Gasteiger charge is -2.12. The number of benzene rings is 2. The lowest BCUT2D eigenvalue weighted by atomic mass is 10.2. The van der Waals surface area contributed by atoms with Crippen molar-refractivity contribution in [2.45, 2.75) is 59.1 Å². The van der Waals surface area contributed by atoms with E-state index in [0.717, 1.165) is 21.5 Å². The maximum Gasteiger partial charge on any atom is 0.354 e. The van der Waals surface area contributed by atoms with Crippen molar-refractivity contribution in [3.05, 3.63) is 107 Å². The molecule has 0 spiro atoms. The minimum atomic E-state index is -2.77. The van der Waals surface area contributed by atoms with E-state index in [9.17, 15) is 35.9 Å². The van der Waals surface area contributed by atoms with Gasteiger partial charge in [0.15, 0.2) is 0 Å². The molecule has 4 N–H and O–H groups in total. The van der Waals surface area contributed by atoms with Crippen molar-refractivity contribution in [3.8, 4) is 22.8 Å². The van der Waals surface area contributed by atoms with E-state index in [4.69, 9.17) is 19.9 Å². The van der Waals surface area contributed by atoms with E-state index in [2.05, 4.69) is 35.8 Å². The summed E-state index contributed by atoms with van der Waals surface area (Å²) >= 11 is 0. The van der Waals surface area contributed by atoms with Gasteiger partial charge < -0.3 is 25.2 Å². The number of carbonyl (C=O) groups excluding carboxylic acids is 1. The van der Waals surface area contributed by atoms with Crippen LogP contribution in [-0.4, -0.2) is 56.8 Å². The molecule has 0 saturated heterocycles. The Kier molecular flexibility index (Phi) is 17.6. The lowest BCUT2D eigenvalue weighted by molar-refractivity contribution is 0.0684. The van der Waals surface area contributed by atoms with Gasteiger partial charge in [0.2, 0.25) is 23.4 Å². The van der Waals surface area contributed by atoms with Crippen molar-refractivity contribution in [1.29, 1.82) is 0 Å². The molecule has 15 nitrogen and oxygen atoms in total. The fourth-order valence-electron chi connectivity index (χ4n) is 4.60. The molecule has 0 radical (unpaired) electrons. The van der Waals surface area contributed by atoms with Crippen LogP contribution in [0.5, 0.6) is 0 Å². The van der Waals surface area contributed by atoms with Crippen molar-refractivity contribution in [1.82, 2.24) is 45.2 Å². The first-order chi connectivity index (χ1) is 26.1. The topological polar surface area (TPSA) is 206 Å². The summed E-state index contributed by atoms with van der Waals surface area (Å²) in [6, 6.07) is 12.7. The third-order valence-corrected chi connectivity index (χ3v) is 7.51. The Labute approximate surface area is 327 Å². The molecule has 6 aromatic rings. The van der Waals surface area contributed by atoms with E-state index < -0.39 is 48.0 Å². The second kappa shape index (κ2) is 21.3. The summed E-state index contributed by atoms with van der Waals surface area (Å²) in [7, 11) is 2.70. The van der Waals surface area contributed by atoms with Gasteiger partial charge in [-0.25, -0.2) is 31.1 Å². The second-order valence-corrected chi connectivity index (χ2v) is 11.4. The average Bonchev–Trinajstić information content (AvgIpc) is 3.97. The number of carbonyl (C=O) groups is 2. The lowest BCUT2D eigenvalue weighted by Crippen LogP contribution is -2.30. The minimum Gasteiger partial charge on any atom is -0.477 e. The van der Waals surface area contributed by atoms with E-state index in [0.29, 0.717) is 35.7 Å². The molecule has 0 unspecified atom stereocenters. The van der Waals surface area contributed by atoms with E-state index in [1.165, 1.54) is 44.4 Å². The highest BCUT2D eigenvalue weighted by molar-refractivity contribution is 5.93. The third-order valence-electron chi connectivity index (χ3n) is 7.51. The smallest absolute Gasteiger partial charge is 0.354 e. The molecule has 57 heavy (non-hydrogen) atoms. The zero-order valence-corrected chi connectivity index (χ0v) is 30.7. The maximum atomic E-state index is 13.3. The van der Waals surface area contributed by atoms with Crippen molar-refractivity contribution in [3.63, 3.8) is 0 Å². The number of halogens is 7. The number of carboxylic acid groups (broad SMARTS) is 1. The minimum absolute atomic E-state index is 0. The van der Waals surface area contributed by atoms with Gasteiger partial charge in [0, 0.05) is 25.2 Å². The number of carboxylic acids is 1. The number of hydrogen-bond donors (Lipinski definition) is 3. The molecule has 4 aromatic heterocycles. The number of nitrogens with zero attached hydrogens (tertiary/aromatic N) is 8. The Hall–Kier alpha value is -6.09. The molecule has 0 bridgehead atoms. The highest BCUT2D eigenvalue weighted by Crippen LogP contribution is 2.23. The average molecular weight is 829 g/mol. The number of hydrogen-bond acceptors (Lipinski definition) is 11. The van der Waals surface area contributed by atoms with E-state index >= 15 is 0 Å². The Balaban J connectivity index is 0.000000319. The first-order valence-corrected chi connectivity index (χ1v) is 16.2.